The molecular formula is C30H46O4. The van der Waals surface area contributed by atoms with Crippen LogP contribution in [0.25, 0.3) is 0 Å². The molecule has 1 aliphatic heterocycles. The average molecular weight is 471 g/mol. The Hall–Kier alpha value is -0.870. The molecule has 4 saturated carbocycles. The minimum atomic E-state index is -0.795. The van der Waals surface area contributed by atoms with E-state index in [1.807, 2.05) is 0 Å². The third-order valence-corrected chi connectivity index (χ3v) is 13.3. The number of carbonyl (C=O) groups excluding carboxylic acids is 1. The Bertz CT molecular complexity index is 978. The fourth-order valence-corrected chi connectivity index (χ4v) is 11.1. The Morgan fingerprint density at radius 3 is 2.24 bits per heavy atom. The maximum absolute atomic E-state index is 13.4. The van der Waals surface area contributed by atoms with Gasteiger partial charge in [0.2, 0.25) is 0 Å². The molecule has 9 atom stereocenters. The highest BCUT2D eigenvalue weighted by Crippen LogP contribution is 2.76. The summed E-state index contributed by atoms with van der Waals surface area (Å²) in [5, 5.41) is 22.7. The second-order valence-electron chi connectivity index (χ2n) is 15.2. The third kappa shape index (κ3) is 2.42. The van der Waals surface area contributed by atoms with Gasteiger partial charge >= 0.3 is 5.97 Å². The monoisotopic (exact) mass is 470 g/mol. The molecule has 0 aromatic rings. The number of ether oxygens (including phenoxy) is 1. The summed E-state index contributed by atoms with van der Waals surface area (Å²) in [5.41, 5.74) is 2.01. The van der Waals surface area contributed by atoms with Gasteiger partial charge in [-0.05, 0) is 90.4 Å². The normalized spacial score (nSPS) is 55.0. The van der Waals surface area contributed by atoms with Crippen LogP contribution in [0.2, 0.25) is 0 Å². The summed E-state index contributed by atoms with van der Waals surface area (Å²) in [7, 11) is 0. The Labute approximate surface area is 205 Å². The topological polar surface area (TPSA) is 66.8 Å². The number of esters is 1. The van der Waals surface area contributed by atoms with Gasteiger partial charge in [0.25, 0.3) is 0 Å². The first kappa shape index (κ1) is 23.5. The van der Waals surface area contributed by atoms with Gasteiger partial charge in [0, 0.05) is 11.8 Å². The van der Waals surface area contributed by atoms with Crippen molar-refractivity contribution in [2.75, 3.05) is 0 Å². The maximum Gasteiger partial charge on any atom is 0.319 e. The molecule has 6 rings (SSSR count). The van der Waals surface area contributed by atoms with Crippen LogP contribution in [-0.2, 0) is 9.53 Å². The molecule has 0 amide bonds. The zero-order chi connectivity index (χ0) is 24.7. The van der Waals surface area contributed by atoms with E-state index in [9.17, 15) is 15.0 Å². The smallest absolute Gasteiger partial charge is 0.319 e. The first-order valence-corrected chi connectivity index (χ1v) is 13.9. The molecule has 1 heterocycles. The lowest BCUT2D eigenvalue weighted by Gasteiger charge is -2.71. The lowest BCUT2D eigenvalue weighted by atomic mass is 9.34. The van der Waals surface area contributed by atoms with Crippen molar-refractivity contribution in [3.63, 3.8) is 0 Å². The Balaban J connectivity index is 1.49. The minimum Gasteiger partial charge on any atom is -0.461 e. The predicted molar refractivity (Wildman–Crippen MR) is 132 cm³/mol. The number of fused-ring (bicyclic) bond motifs is 6. The molecule has 0 unspecified atom stereocenters. The van der Waals surface area contributed by atoms with Crippen molar-refractivity contribution in [2.45, 2.75) is 125 Å². The zero-order valence-electron chi connectivity index (χ0n) is 22.5. The van der Waals surface area contributed by atoms with E-state index in [2.05, 4.69) is 48.5 Å². The summed E-state index contributed by atoms with van der Waals surface area (Å²) in [5.74, 6) is 0.936. The van der Waals surface area contributed by atoms with Crippen molar-refractivity contribution >= 4 is 5.97 Å². The molecule has 0 aromatic heterocycles. The van der Waals surface area contributed by atoms with E-state index in [4.69, 9.17) is 4.74 Å². The van der Waals surface area contributed by atoms with Gasteiger partial charge < -0.3 is 14.9 Å². The number of hydrogen-bond acceptors (Lipinski definition) is 4. The van der Waals surface area contributed by atoms with E-state index in [1.165, 1.54) is 11.1 Å². The Morgan fingerprint density at radius 2 is 1.53 bits per heavy atom. The highest BCUT2D eigenvalue weighted by atomic mass is 16.6. The minimum absolute atomic E-state index is 0.0554. The highest BCUT2D eigenvalue weighted by Gasteiger charge is 2.72. The van der Waals surface area contributed by atoms with E-state index in [-0.39, 0.29) is 45.3 Å². The quantitative estimate of drug-likeness (QED) is 0.347. The zero-order valence-corrected chi connectivity index (χ0v) is 22.5. The standard InChI is InChI=1S/C30H46O4/c1-25(2)14-18-17-8-9-20-27(5)12-11-21(31)26(3,4)19(27)10-13-28(20,6)29(17,7)15-22(32)30(18)16-23(25)34-24(30)33/h19-23,31-32H,8-16H2,1-7H3/t19-,20+,21-,22+,23-,27-,28+,29+,30+/m0/s1. The van der Waals surface area contributed by atoms with Crippen molar-refractivity contribution in [2.24, 2.45) is 44.3 Å². The highest BCUT2D eigenvalue weighted by molar-refractivity contribution is 5.85. The molecule has 190 valence electrons. The van der Waals surface area contributed by atoms with Crippen LogP contribution in [0.15, 0.2) is 11.1 Å². The maximum atomic E-state index is 13.4. The first-order chi connectivity index (χ1) is 15.6. The summed E-state index contributed by atoms with van der Waals surface area (Å²) in [4.78, 5) is 13.4. The molecule has 0 aromatic carbocycles. The molecule has 5 fully saturated rings. The molecule has 4 nitrogen and oxygen atoms in total. The second-order valence-corrected chi connectivity index (χ2v) is 15.2. The number of hydrogen-bond donors (Lipinski definition) is 2. The fraction of sp³-hybridized carbons (Fsp3) is 0.900. The van der Waals surface area contributed by atoms with Crippen LogP contribution in [0.5, 0.6) is 0 Å². The first-order valence-electron chi connectivity index (χ1n) is 13.9. The summed E-state index contributed by atoms with van der Waals surface area (Å²) >= 11 is 0. The SMILES string of the molecule is CC1(C)CC2=C3CC[C@@H]4[C@@]5(C)CC[C@H](O)C(C)(C)[C@@H]5CC[C@@]4(C)[C@]3(C)C[C@@H](O)[C@@]23C[C@@H]1OC3=O. The molecule has 2 N–H and O–H groups in total. The number of allylic oxidation sites excluding steroid dienone is 1. The van der Waals surface area contributed by atoms with Crippen LogP contribution in [-0.4, -0.2) is 34.5 Å². The molecular weight excluding hydrogens is 424 g/mol. The predicted octanol–water partition coefficient (Wildman–Crippen LogP) is 5.80. The molecule has 5 aliphatic carbocycles. The molecule has 1 spiro atoms. The van der Waals surface area contributed by atoms with Gasteiger partial charge in [-0.1, -0.05) is 54.0 Å². The van der Waals surface area contributed by atoms with Crippen LogP contribution in [0.4, 0.5) is 0 Å². The molecule has 6 aliphatic rings. The van der Waals surface area contributed by atoms with Crippen LogP contribution in [0.1, 0.15) is 106 Å². The van der Waals surface area contributed by atoms with E-state index in [0.29, 0.717) is 24.7 Å². The third-order valence-electron chi connectivity index (χ3n) is 13.3. The van der Waals surface area contributed by atoms with Crippen LogP contribution >= 0.6 is 0 Å². The number of carbonyl (C=O) groups is 1. The second kappa shape index (κ2) is 6.52. The van der Waals surface area contributed by atoms with Crippen molar-refractivity contribution in [3.8, 4) is 0 Å². The molecule has 1 saturated heterocycles. The molecule has 4 heteroatoms. The van der Waals surface area contributed by atoms with Gasteiger partial charge in [-0.3, -0.25) is 4.79 Å². The van der Waals surface area contributed by atoms with Gasteiger partial charge in [0.1, 0.15) is 11.5 Å². The van der Waals surface area contributed by atoms with E-state index in [1.54, 1.807) is 0 Å². The van der Waals surface area contributed by atoms with Crippen molar-refractivity contribution < 1.29 is 19.7 Å². The Kier molecular flexibility index (Phi) is 4.51. The van der Waals surface area contributed by atoms with Gasteiger partial charge in [0.15, 0.2) is 0 Å². The van der Waals surface area contributed by atoms with Crippen molar-refractivity contribution in [3.05, 3.63) is 11.1 Å². The molecule has 0 radical (unpaired) electrons. The number of rotatable bonds is 0. The summed E-state index contributed by atoms with van der Waals surface area (Å²) in [6.07, 6.45) is 7.71. The molecule has 2 bridgehead atoms. The largest absolute Gasteiger partial charge is 0.461 e. The lowest BCUT2D eigenvalue weighted by Crippen LogP contribution is -2.65. The van der Waals surface area contributed by atoms with Gasteiger partial charge in [-0.2, -0.15) is 0 Å². The summed E-state index contributed by atoms with van der Waals surface area (Å²) in [6, 6.07) is 0. The van der Waals surface area contributed by atoms with Crippen molar-refractivity contribution in [1.29, 1.82) is 0 Å². The van der Waals surface area contributed by atoms with E-state index < -0.39 is 11.5 Å². The van der Waals surface area contributed by atoms with Crippen LogP contribution in [0, 0.1) is 44.3 Å². The van der Waals surface area contributed by atoms with Crippen molar-refractivity contribution in [1.82, 2.24) is 0 Å². The summed E-state index contributed by atoms with van der Waals surface area (Å²) < 4.78 is 5.94. The van der Waals surface area contributed by atoms with Crippen LogP contribution < -0.4 is 0 Å². The van der Waals surface area contributed by atoms with E-state index in [0.717, 1.165) is 44.9 Å². The Morgan fingerprint density at radius 1 is 0.824 bits per heavy atom. The average Bonchev–Trinajstić information content (AvgIpc) is 3.05. The van der Waals surface area contributed by atoms with Gasteiger partial charge in [-0.25, -0.2) is 0 Å². The molecule has 34 heavy (non-hydrogen) atoms. The van der Waals surface area contributed by atoms with Gasteiger partial charge in [0.05, 0.1) is 12.2 Å². The fourth-order valence-electron chi connectivity index (χ4n) is 11.1. The van der Waals surface area contributed by atoms with E-state index >= 15 is 0 Å². The number of aliphatic hydroxyl groups excluding tert-OH is 2. The van der Waals surface area contributed by atoms with Gasteiger partial charge in [-0.15, -0.1) is 0 Å². The lowest BCUT2D eigenvalue weighted by molar-refractivity contribution is -0.209. The van der Waals surface area contributed by atoms with Crippen LogP contribution in [0.3, 0.4) is 0 Å². The summed E-state index contributed by atoms with van der Waals surface area (Å²) in [6.45, 7) is 16.5. The number of aliphatic hydroxyl groups is 2.